The molecule has 3 N–H and O–H groups in total. The predicted octanol–water partition coefficient (Wildman–Crippen LogP) is 0.119. The molecule has 2 heterocycles. The number of hydrogen-bond donors (Lipinski definition) is 3. The Hall–Kier alpha value is -0.800. The van der Waals surface area contributed by atoms with Crippen molar-refractivity contribution in [1.29, 1.82) is 0 Å². The maximum Gasteiger partial charge on any atom is 0.0247 e. The molecule has 0 spiro atoms. The second kappa shape index (κ2) is 3.74. The molecular weight excluding hydrogens is 150 g/mol. The molecule has 0 saturated carbocycles. The summed E-state index contributed by atoms with van der Waals surface area (Å²) in [5.41, 5.74) is 1.32. The van der Waals surface area contributed by atoms with Crippen molar-refractivity contribution in [3.63, 3.8) is 0 Å². The van der Waals surface area contributed by atoms with E-state index in [4.69, 9.17) is 0 Å². The molecule has 1 aromatic rings. The average molecular weight is 165 g/mol. The Balaban J connectivity index is 1.86. The Kier molecular flexibility index (Phi) is 2.44. The largest absolute Gasteiger partial charge is 0.365 e. The van der Waals surface area contributed by atoms with Crippen LogP contribution >= 0.6 is 0 Å². The van der Waals surface area contributed by atoms with Crippen molar-refractivity contribution in [2.24, 2.45) is 0 Å². The van der Waals surface area contributed by atoms with E-state index in [1.807, 2.05) is 12.3 Å². The summed E-state index contributed by atoms with van der Waals surface area (Å²) in [6, 6.07) is 4.78. The Morgan fingerprint density at radius 3 is 3.08 bits per heavy atom. The zero-order chi connectivity index (χ0) is 8.23. The average Bonchev–Trinajstić information content (AvgIpc) is 2.59. The lowest BCUT2D eigenvalue weighted by atomic mass is 10.1. The fourth-order valence-electron chi connectivity index (χ4n) is 1.62. The molecule has 1 atom stereocenters. The lowest BCUT2D eigenvalue weighted by Crippen LogP contribution is -2.49. The normalized spacial score (nSPS) is 24.2. The van der Waals surface area contributed by atoms with E-state index < -0.39 is 0 Å². The van der Waals surface area contributed by atoms with E-state index in [9.17, 15) is 0 Å². The predicted molar refractivity (Wildman–Crippen MR) is 49.2 cm³/mol. The van der Waals surface area contributed by atoms with Crippen LogP contribution in [0.25, 0.3) is 0 Å². The fourth-order valence-corrected chi connectivity index (χ4v) is 1.62. The van der Waals surface area contributed by atoms with Crippen LogP contribution in [0.1, 0.15) is 5.69 Å². The minimum atomic E-state index is 0.595. The second-order valence-electron chi connectivity index (χ2n) is 3.25. The smallest absolute Gasteiger partial charge is 0.0247 e. The van der Waals surface area contributed by atoms with Crippen LogP contribution in [0.2, 0.25) is 0 Å². The van der Waals surface area contributed by atoms with Gasteiger partial charge in [0.1, 0.15) is 0 Å². The number of rotatable bonds is 2. The standard InChI is InChI=1S/C9H15N3/c1-2-8(11-3-1)6-9-7-10-4-5-12-9/h1-3,9-12H,4-7H2. The van der Waals surface area contributed by atoms with Crippen LogP contribution < -0.4 is 10.6 Å². The molecule has 0 aromatic carbocycles. The molecule has 1 aliphatic heterocycles. The van der Waals surface area contributed by atoms with Gasteiger partial charge in [-0.25, -0.2) is 0 Å². The van der Waals surface area contributed by atoms with Gasteiger partial charge < -0.3 is 15.6 Å². The lowest BCUT2D eigenvalue weighted by molar-refractivity contribution is 0.414. The second-order valence-corrected chi connectivity index (χ2v) is 3.25. The van der Waals surface area contributed by atoms with Gasteiger partial charge in [-0.2, -0.15) is 0 Å². The number of nitrogens with one attached hydrogen (secondary N) is 3. The first-order chi connectivity index (χ1) is 5.95. The summed E-state index contributed by atoms with van der Waals surface area (Å²) in [5, 5.41) is 6.85. The zero-order valence-electron chi connectivity index (χ0n) is 7.14. The van der Waals surface area contributed by atoms with E-state index in [1.54, 1.807) is 0 Å². The summed E-state index contributed by atoms with van der Waals surface area (Å²) in [6.45, 7) is 3.27. The van der Waals surface area contributed by atoms with Gasteiger partial charge in [0.15, 0.2) is 0 Å². The van der Waals surface area contributed by atoms with E-state index in [-0.39, 0.29) is 0 Å². The van der Waals surface area contributed by atoms with Crippen molar-refractivity contribution in [2.75, 3.05) is 19.6 Å². The van der Waals surface area contributed by atoms with Gasteiger partial charge in [-0.05, 0) is 12.1 Å². The molecule has 3 nitrogen and oxygen atoms in total. The minimum absolute atomic E-state index is 0.595. The summed E-state index contributed by atoms with van der Waals surface area (Å²) in [7, 11) is 0. The third-order valence-corrected chi connectivity index (χ3v) is 2.25. The molecule has 0 bridgehead atoms. The summed E-state index contributed by atoms with van der Waals surface area (Å²) in [6.07, 6.45) is 3.07. The van der Waals surface area contributed by atoms with Gasteiger partial charge in [0.25, 0.3) is 0 Å². The number of hydrogen-bond acceptors (Lipinski definition) is 2. The summed E-state index contributed by atoms with van der Waals surface area (Å²) in [4.78, 5) is 3.22. The van der Waals surface area contributed by atoms with E-state index >= 15 is 0 Å². The quantitative estimate of drug-likeness (QED) is 0.582. The van der Waals surface area contributed by atoms with Gasteiger partial charge >= 0.3 is 0 Å². The Morgan fingerprint density at radius 2 is 2.42 bits per heavy atom. The van der Waals surface area contributed by atoms with Crippen molar-refractivity contribution in [1.82, 2.24) is 15.6 Å². The van der Waals surface area contributed by atoms with Gasteiger partial charge in [-0.3, -0.25) is 0 Å². The zero-order valence-corrected chi connectivity index (χ0v) is 7.14. The number of piperazine rings is 1. The van der Waals surface area contributed by atoms with Crippen LogP contribution in [-0.4, -0.2) is 30.7 Å². The highest BCUT2D eigenvalue weighted by atomic mass is 15.1. The topological polar surface area (TPSA) is 39.9 Å². The van der Waals surface area contributed by atoms with Crippen molar-refractivity contribution in [2.45, 2.75) is 12.5 Å². The van der Waals surface area contributed by atoms with Crippen LogP contribution in [0.15, 0.2) is 18.3 Å². The summed E-state index contributed by atoms with van der Waals surface area (Å²) < 4.78 is 0. The summed E-state index contributed by atoms with van der Waals surface area (Å²) in [5.74, 6) is 0. The fraction of sp³-hybridized carbons (Fsp3) is 0.556. The van der Waals surface area contributed by atoms with E-state index in [0.29, 0.717) is 6.04 Å². The number of aromatic nitrogens is 1. The molecule has 0 amide bonds. The molecule has 1 aromatic heterocycles. The van der Waals surface area contributed by atoms with Crippen LogP contribution in [0.3, 0.4) is 0 Å². The third-order valence-electron chi connectivity index (χ3n) is 2.25. The van der Waals surface area contributed by atoms with Gasteiger partial charge in [0.05, 0.1) is 0 Å². The molecule has 1 saturated heterocycles. The molecule has 3 heteroatoms. The van der Waals surface area contributed by atoms with Gasteiger partial charge in [0, 0.05) is 44.0 Å². The monoisotopic (exact) mass is 165 g/mol. The molecule has 1 unspecified atom stereocenters. The van der Waals surface area contributed by atoms with E-state index in [1.165, 1.54) is 5.69 Å². The van der Waals surface area contributed by atoms with Crippen LogP contribution in [0, 0.1) is 0 Å². The third kappa shape index (κ3) is 1.87. The maximum absolute atomic E-state index is 3.47. The maximum atomic E-state index is 3.47. The van der Waals surface area contributed by atoms with Crippen LogP contribution in [0.4, 0.5) is 0 Å². The summed E-state index contributed by atoms with van der Waals surface area (Å²) >= 11 is 0. The number of aromatic amines is 1. The molecule has 0 aliphatic carbocycles. The minimum Gasteiger partial charge on any atom is -0.365 e. The first kappa shape index (κ1) is 7.83. The molecule has 1 aliphatic rings. The number of H-pyrrole nitrogens is 1. The molecule has 66 valence electrons. The molecule has 12 heavy (non-hydrogen) atoms. The molecule has 2 rings (SSSR count). The van der Waals surface area contributed by atoms with Crippen molar-refractivity contribution >= 4 is 0 Å². The van der Waals surface area contributed by atoms with Gasteiger partial charge in [-0.15, -0.1) is 0 Å². The molecular formula is C9H15N3. The first-order valence-corrected chi connectivity index (χ1v) is 4.51. The highest BCUT2D eigenvalue weighted by Gasteiger charge is 2.11. The van der Waals surface area contributed by atoms with E-state index in [2.05, 4.69) is 21.7 Å². The SMILES string of the molecule is c1c[nH]c(CC2CNCCN2)c1. The molecule has 1 fully saturated rings. The van der Waals surface area contributed by atoms with Gasteiger partial charge in [-0.1, -0.05) is 0 Å². The Bertz CT molecular complexity index is 212. The highest BCUT2D eigenvalue weighted by molar-refractivity contribution is 5.06. The van der Waals surface area contributed by atoms with E-state index in [0.717, 1.165) is 26.1 Å². The highest BCUT2D eigenvalue weighted by Crippen LogP contribution is 2.00. The van der Waals surface area contributed by atoms with Crippen LogP contribution in [0.5, 0.6) is 0 Å². The van der Waals surface area contributed by atoms with Gasteiger partial charge in [0.2, 0.25) is 0 Å². The van der Waals surface area contributed by atoms with Crippen molar-refractivity contribution in [3.8, 4) is 0 Å². The van der Waals surface area contributed by atoms with Crippen molar-refractivity contribution in [3.05, 3.63) is 24.0 Å². The Morgan fingerprint density at radius 1 is 1.42 bits per heavy atom. The van der Waals surface area contributed by atoms with Crippen molar-refractivity contribution < 1.29 is 0 Å². The van der Waals surface area contributed by atoms with Crippen LogP contribution in [-0.2, 0) is 6.42 Å². The molecule has 0 radical (unpaired) electrons. The Labute approximate surface area is 72.6 Å². The lowest BCUT2D eigenvalue weighted by Gasteiger charge is -2.23. The first-order valence-electron chi connectivity index (χ1n) is 4.51.